The second-order valence-corrected chi connectivity index (χ2v) is 13.3. The van der Waals surface area contributed by atoms with Crippen LogP contribution in [0, 0.1) is 0 Å². The molecule has 0 unspecified atom stereocenters. The molecular weight excluding hydrogens is 619 g/mol. The number of H-pyrrole nitrogens is 1. The minimum absolute atomic E-state index is 0.580. The maximum Gasteiger partial charge on any atom is 0.238 e. The molecule has 0 aliphatic carbocycles. The van der Waals surface area contributed by atoms with Gasteiger partial charge in [0, 0.05) is 43.0 Å². The van der Waals surface area contributed by atoms with Crippen LogP contribution in [-0.4, -0.2) is 24.5 Å². The number of aromatic nitrogens is 5. The molecule has 0 spiro atoms. The fourth-order valence-corrected chi connectivity index (χ4v) is 8.03. The van der Waals surface area contributed by atoms with Crippen molar-refractivity contribution in [1.82, 2.24) is 24.5 Å². The quantitative estimate of drug-likeness (QED) is 0.208. The van der Waals surface area contributed by atoms with Gasteiger partial charge in [0.2, 0.25) is 5.95 Å². The first kappa shape index (κ1) is 27.7. The Bertz CT molecular complexity index is 2880. The summed E-state index contributed by atoms with van der Waals surface area (Å²) in [7, 11) is 0. The number of benzene rings is 7. The molecule has 10 aromatic rings. The summed E-state index contributed by atoms with van der Waals surface area (Å²) in [6.45, 7) is 0. The predicted molar refractivity (Wildman–Crippen MR) is 205 cm³/mol. The third-order valence-corrected chi connectivity index (χ3v) is 10.2. The first-order chi connectivity index (χ1) is 24.3. The van der Waals surface area contributed by atoms with Crippen molar-refractivity contribution in [1.29, 1.82) is 0 Å². The number of aromatic amines is 1. The Morgan fingerprint density at radius 3 is 1.94 bits per heavy atom. The number of rotatable bonds is 3. The summed E-state index contributed by atoms with van der Waals surface area (Å²) in [4.78, 5) is 19.1. The second kappa shape index (κ2) is 11.1. The van der Waals surface area contributed by atoms with Gasteiger partial charge in [-0.1, -0.05) is 121 Å². The first-order valence-electron chi connectivity index (χ1n) is 16.3. The molecule has 0 saturated heterocycles. The minimum atomic E-state index is 0.580. The number of fused-ring (bicyclic) bond motifs is 9. The molecule has 49 heavy (non-hydrogen) atoms. The molecule has 6 heteroatoms. The van der Waals surface area contributed by atoms with E-state index in [1.807, 2.05) is 60.7 Å². The van der Waals surface area contributed by atoms with Crippen molar-refractivity contribution in [2.75, 3.05) is 0 Å². The molecule has 0 fully saturated rings. The van der Waals surface area contributed by atoms with Gasteiger partial charge in [0.1, 0.15) is 0 Å². The zero-order chi connectivity index (χ0) is 32.3. The third kappa shape index (κ3) is 4.65. The van der Waals surface area contributed by atoms with E-state index in [0.717, 1.165) is 48.7 Å². The van der Waals surface area contributed by atoms with E-state index in [2.05, 4.69) is 107 Å². The monoisotopic (exact) mass is 645 g/mol. The second-order valence-electron chi connectivity index (χ2n) is 12.2. The lowest BCUT2D eigenvalue weighted by Crippen LogP contribution is -2.06. The van der Waals surface area contributed by atoms with Crippen LogP contribution in [0.15, 0.2) is 158 Å². The van der Waals surface area contributed by atoms with Gasteiger partial charge in [-0.3, -0.25) is 4.57 Å². The highest BCUT2D eigenvalue weighted by molar-refractivity contribution is 7.23. The van der Waals surface area contributed by atoms with E-state index in [9.17, 15) is 0 Å². The van der Waals surface area contributed by atoms with Gasteiger partial charge in [-0.25, -0.2) is 4.98 Å². The van der Waals surface area contributed by atoms with Gasteiger partial charge < -0.3 is 4.98 Å². The molecule has 1 N–H and O–H groups in total. The number of nitrogens with zero attached hydrogens (tertiary/aromatic N) is 4. The molecule has 4 bridgehead atoms. The third-order valence-electron chi connectivity index (χ3n) is 9.20. The fraction of sp³-hybridized carbons (Fsp3) is 0. The highest BCUT2D eigenvalue weighted by Gasteiger charge is 2.19. The standard InChI is InChI=1S/C43H27N5S/c1-3-12-28(13-4-1)41-45-42(29-14-5-2-6-15-29)47-43(46-41)48-38-21-10-8-18-34(38)36-24-30-25-39(40(36)48)49-31-23-22-27-16-11-19-32(35(27)26-31)33-17-7-9-20-37(33)44-30/h1-26,44H. The lowest BCUT2D eigenvalue weighted by atomic mass is 10.0. The van der Waals surface area contributed by atoms with Crippen LogP contribution in [0.3, 0.4) is 0 Å². The molecule has 3 heterocycles. The van der Waals surface area contributed by atoms with Gasteiger partial charge in [-0.2, -0.15) is 9.97 Å². The smallest absolute Gasteiger partial charge is 0.238 e. The molecule has 7 aromatic carbocycles. The summed E-state index contributed by atoms with van der Waals surface area (Å²) in [5, 5.41) is 7.09. The van der Waals surface area contributed by atoms with Gasteiger partial charge in [-0.15, -0.1) is 11.3 Å². The van der Waals surface area contributed by atoms with Crippen molar-refractivity contribution in [2.45, 2.75) is 0 Å². The van der Waals surface area contributed by atoms with Gasteiger partial charge in [-0.05, 0) is 52.6 Å². The van der Waals surface area contributed by atoms with E-state index in [1.54, 1.807) is 11.3 Å². The van der Waals surface area contributed by atoms with Crippen molar-refractivity contribution in [3.8, 4) is 28.7 Å². The van der Waals surface area contributed by atoms with Crippen LogP contribution in [0.4, 0.5) is 0 Å². The largest absolute Gasteiger partial charge is 0.355 e. The van der Waals surface area contributed by atoms with Crippen LogP contribution < -0.4 is 0 Å². The Morgan fingerprint density at radius 2 is 1.16 bits per heavy atom. The van der Waals surface area contributed by atoms with Gasteiger partial charge >= 0.3 is 0 Å². The molecule has 10 rings (SSSR count). The molecule has 0 aliphatic rings. The molecule has 0 aliphatic heterocycles. The van der Waals surface area contributed by atoms with Crippen molar-refractivity contribution in [2.24, 2.45) is 0 Å². The number of hydrogen-bond donors (Lipinski definition) is 1. The Balaban J connectivity index is 1.38. The predicted octanol–water partition coefficient (Wildman–Crippen LogP) is 11.4. The summed E-state index contributed by atoms with van der Waals surface area (Å²) < 4.78 is 4.49. The average molecular weight is 646 g/mol. The van der Waals surface area contributed by atoms with Gasteiger partial charge in [0.05, 0.1) is 15.7 Å². The number of hydrogen-bond acceptors (Lipinski definition) is 4. The summed E-state index contributed by atoms with van der Waals surface area (Å²) in [5.74, 6) is 1.84. The van der Waals surface area contributed by atoms with Crippen molar-refractivity contribution in [3.05, 3.63) is 158 Å². The maximum atomic E-state index is 5.17. The SMILES string of the molecule is c1ccc(-c2nc(-c3ccccc3)nc(-n3c4ccccc4c4cc5cc(sc6ccc7cccc(c7c6)c6ccccc6[nH]5)c43)n2)cc1. The van der Waals surface area contributed by atoms with Crippen LogP contribution in [0.5, 0.6) is 0 Å². The summed E-state index contributed by atoms with van der Waals surface area (Å²) in [6, 6.07) is 55.3. The van der Waals surface area contributed by atoms with E-state index in [4.69, 9.17) is 15.0 Å². The highest BCUT2D eigenvalue weighted by atomic mass is 32.1. The average Bonchev–Trinajstić information content (AvgIpc) is 3.49. The van der Waals surface area contributed by atoms with E-state index in [0.29, 0.717) is 17.6 Å². The van der Waals surface area contributed by atoms with Crippen molar-refractivity contribution >= 4 is 75.1 Å². The van der Waals surface area contributed by atoms with Crippen LogP contribution in [0.1, 0.15) is 0 Å². The van der Waals surface area contributed by atoms with E-state index in [-0.39, 0.29) is 0 Å². The summed E-state index contributed by atoms with van der Waals surface area (Å²) in [6.07, 6.45) is 0. The Labute approximate surface area is 285 Å². The van der Waals surface area contributed by atoms with Gasteiger partial charge in [0.25, 0.3) is 0 Å². The summed E-state index contributed by atoms with van der Waals surface area (Å²) >= 11 is 1.77. The normalized spacial score (nSPS) is 11.7. The highest BCUT2D eigenvalue weighted by Crippen LogP contribution is 2.38. The van der Waals surface area contributed by atoms with Crippen LogP contribution >= 0.6 is 11.3 Å². The Kier molecular flexibility index (Phi) is 6.29. The van der Waals surface area contributed by atoms with E-state index >= 15 is 0 Å². The fourth-order valence-electron chi connectivity index (χ4n) is 6.98. The minimum Gasteiger partial charge on any atom is -0.355 e. The number of para-hydroxylation sites is 2. The van der Waals surface area contributed by atoms with Crippen LogP contribution in [0.25, 0.3) is 92.5 Å². The first-order valence-corrected chi connectivity index (χ1v) is 17.1. The maximum absolute atomic E-state index is 5.17. The molecular formula is C43H27N5S. The van der Waals surface area contributed by atoms with E-state index in [1.165, 1.54) is 26.2 Å². The van der Waals surface area contributed by atoms with Crippen molar-refractivity contribution < 1.29 is 0 Å². The molecule has 0 amide bonds. The van der Waals surface area contributed by atoms with Gasteiger partial charge in [0.15, 0.2) is 11.6 Å². The molecule has 3 aromatic heterocycles. The lowest BCUT2D eigenvalue weighted by Gasteiger charge is -2.11. The zero-order valence-corrected chi connectivity index (χ0v) is 27.0. The Hall–Kier alpha value is -6.37. The zero-order valence-electron chi connectivity index (χ0n) is 26.2. The molecule has 0 radical (unpaired) electrons. The summed E-state index contributed by atoms with van der Waals surface area (Å²) in [5.41, 5.74) is 6.07. The molecule has 5 nitrogen and oxygen atoms in total. The van der Waals surface area contributed by atoms with Crippen LogP contribution in [0.2, 0.25) is 0 Å². The van der Waals surface area contributed by atoms with Crippen molar-refractivity contribution in [3.63, 3.8) is 0 Å². The Morgan fingerprint density at radius 1 is 0.490 bits per heavy atom. The van der Waals surface area contributed by atoms with E-state index < -0.39 is 0 Å². The van der Waals surface area contributed by atoms with Crippen LogP contribution in [-0.2, 0) is 0 Å². The number of nitrogens with one attached hydrogen (secondary N) is 1. The molecule has 0 atom stereocenters. The molecule has 230 valence electrons. The lowest BCUT2D eigenvalue weighted by molar-refractivity contribution is 0.955. The topological polar surface area (TPSA) is 59.4 Å². The molecule has 0 saturated carbocycles.